The van der Waals surface area contributed by atoms with Crippen LogP contribution in [-0.4, -0.2) is 92.4 Å². The van der Waals surface area contributed by atoms with Gasteiger partial charge in [0, 0.05) is 18.9 Å². The number of ether oxygens (including phenoxy) is 1. The first-order valence-electron chi connectivity index (χ1n) is 19.2. The number of carbonyl (C=O) groups is 1. The van der Waals surface area contributed by atoms with E-state index in [1.54, 1.807) is 6.92 Å². The summed E-state index contributed by atoms with van der Waals surface area (Å²) < 4.78 is 5.76. The van der Waals surface area contributed by atoms with Crippen LogP contribution in [0.3, 0.4) is 0 Å². The molecule has 0 bridgehead atoms. The van der Waals surface area contributed by atoms with Crippen LogP contribution in [0.15, 0.2) is 0 Å². The van der Waals surface area contributed by atoms with Crippen molar-refractivity contribution < 1.29 is 40.2 Å². The summed E-state index contributed by atoms with van der Waals surface area (Å²) in [6, 6.07) is -0.902. The number of unbranched alkanes of at least 4 members (excludes halogenated alkanes) is 20. The third-order valence-electron chi connectivity index (χ3n) is 9.90. The van der Waals surface area contributed by atoms with Gasteiger partial charge >= 0.3 is 0 Å². The fourth-order valence-corrected chi connectivity index (χ4v) is 6.59. The molecule has 0 spiro atoms. The number of hydrogen-bond donors (Lipinski definition) is 7. The molecular formula is C37H73NO8. The second-order valence-electron chi connectivity index (χ2n) is 14.0. The van der Waals surface area contributed by atoms with E-state index in [0.29, 0.717) is 6.42 Å². The molecular weight excluding hydrogens is 586 g/mol. The minimum absolute atomic E-state index is 0.114. The smallest absolute Gasteiger partial charge is 0.220 e. The van der Waals surface area contributed by atoms with Gasteiger partial charge in [0.25, 0.3) is 0 Å². The molecule has 1 fully saturated rings. The third kappa shape index (κ3) is 19.3. The number of amides is 1. The number of aliphatic hydroxyl groups excluding tert-OH is 6. The maximum Gasteiger partial charge on any atom is 0.220 e. The van der Waals surface area contributed by atoms with Gasteiger partial charge in [-0.25, -0.2) is 0 Å². The van der Waals surface area contributed by atoms with Crippen molar-refractivity contribution in [3.8, 4) is 0 Å². The molecule has 274 valence electrons. The highest BCUT2D eigenvalue weighted by Gasteiger charge is 2.43. The normalized spacial score (nSPS) is 23.7. The quantitative estimate of drug-likeness (QED) is 0.0485. The minimum atomic E-state index is -1.47. The zero-order valence-electron chi connectivity index (χ0n) is 29.5. The van der Waals surface area contributed by atoms with Gasteiger partial charge in [0.2, 0.25) is 5.91 Å². The predicted octanol–water partition coefficient (Wildman–Crippen LogP) is 5.69. The largest absolute Gasteiger partial charge is 0.396 e. The standard InChI is InChI=1S/C37H73NO8/c1-3-5-6-7-8-9-10-11-12-13-14-15-16-17-18-19-20-21-22-23-24-25-33(41)38-30(35(43)31(40)4-2)28-46-32-26-29(27-39)34(42)37(45)36(32)44/h29-32,34-37,39-40,42-45H,3-28H2,1-2H3,(H,38,41). The van der Waals surface area contributed by atoms with E-state index in [2.05, 4.69) is 12.2 Å². The van der Waals surface area contributed by atoms with Crippen molar-refractivity contribution in [3.63, 3.8) is 0 Å². The van der Waals surface area contributed by atoms with Crippen molar-refractivity contribution in [3.05, 3.63) is 0 Å². The van der Waals surface area contributed by atoms with Crippen molar-refractivity contribution >= 4 is 5.91 Å². The third-order valence-corrected chi connectivity index (χ3v) is 9.90. The van der Waals surface area contributed by atoms with Crippen LogP contribution in [0.4, 0.5) is 0 Å². The summed E-state index contributed by atoms with van der Waals surface area (Å²) in [7, 11) is 0. The summed E-state index contributed by atoms with van der Waals surface area (Å²) in [5, 5.41) is 63.6. The molecule has 7 N–H and O–H groups in total. The first-order chi connectivity index (χ1) is 22.3. The van der Waals surface area contributed by atoms with Crippen LogP contribution in [-0.2, 0) is 9.53 Å². The van der Waals surface area contributed by atoms with Crippen molar-refractivity contribution in [2.45, 2.75) is 211 Å². The molecule has 1 aliphatic rings. The Kier molecular flexibility index (Phi) is 26.4. The molecule has 46 heavy (non-hydrogen) atoms. The SMILES string of the molecule is CCCCCCCCCCCCCCCCCCCCCCCC(=O)NC(COC1CC(CO)C(O)C(O)C1O)C(O)C(O)CC. The zero-order valence-corrected chi connectivity index (χ0v) is 29.5. The lowest BCUT2D eigenvalue weighted by molar-refractivity contribution is -0.182. The summed E-state index contributed by atoms with van der Waals surface area (Å²) in [5.74, 6) is -0.895. The van der Waals surface area contributed by atoms with E-state index in [4.69, 9.17) is 4.74 Å². The molecule has 0 saturated heterocycles. The van der Waals surface area contributed by atoms with Crippen LogP contribution in [0, 0.1) is 5.92 Å². The van der Waals surface area contributed by atoms with E-state index in [-0.39, 0.29) is 32.0 Å². The Labute approximate surface area is 280 Å². The van der Waals surface area contributed by atoms with Gasteiger partial charge < -0.3 is 40.7 Å². The lowest BCUT2D eigenvalue weighted by atomic mass is 9.81. The van der Waals surface area contributed by atoms with E-state index < -0.39 is 48.6 Å². The zero-order chi connectivity index (χ0) is 34.0. The molecule has 9 nitrogen and oxygen atoms in total. The predicted molar refractivity (Wildman–Crippen MR) is 184 cm³/mol. The molecule has 9 heteroatoms. The Balaban J connectivity index is 2.11. The number of rotatable bonds is 30. The second-order valence-corrected chi connectivity index (χ2v) is 14.0. The van der Waals surface area contributed by atoms with E-state index in [1.165, 1.54) is 116 Å². The Morgan fingerprint density at radius 2 is 1.11 bits per heavy atom. The molecule has 0 aromatic rings. The molecule has 1 saturated carbocycles. The van der Waals surface area contributed by atoms with Crippen molar-refractivity contribution in [1.82, 2.24) is 5.32 Å². The fourth-order valence-electron chi connectivity index (χ4n) is 6.59. The molecule has 0 aromatic carbocycles. The van der Waals surface area contributed by atoms with E-state index in [1.807, 2.05) is 0 Å². The lowest BCUT2D eigenvalue weighted by Crippen LogP contribution is -2.57. The molecule has 8 unspecified atom stereocenters. The molecule has 1 rings (SSSR count). The highest BCUT2D eigenvalue weighted by Crippen LogP contribution is 2.28. The highest BCUT2D eigenvalue weighted by molar-refractivity contribution is 5.76. The molecule has 0 heterocycles. The number of nitrogens with one attached hydrogen (secondary N) is 1. The van der Waals surface area contributed by atoms with Crippen LogP contribution < -0.4 is 5.32 Å². The van der Waals surface area contributed by atoms with Crippen molar-refractivity contribution in [2.24, 2.45) is 5.92 Å². The average molecular weight is 660 g/mol. The number of aliphatic hydroxyl groups is 6. The Morgan fingerprint density at radius 1 is 0.674 bits per heavy atom. The van der Waals surface area contributed by atoms with Gasteiger partial charge in [-0.15, -0.1) is 0 Å². The molecule has 1 amide bonds. The topological polar surface area (TPSA) is 160 Å². The van der Waals surface area contributed by atoms with E-state index in [9.17, 15) is 35.4 Å². The summed E-state index contributed by atoms with van der Waals surface area (Å²) in [6.07, 6.45) is 20.7. The van der Waals surface area contributed by atoms with Crippen molar-refractivity contribution in [2.75, 3.05) is 13.2 Å². The Morgan fingerprint density at radius 3 is 1.52 bits per heavy atom. The molecule has 1 aliphatic carbocycles. The Bertz CT molecular complexity index is 711. The van der Waals surface area contributed by atoms with Gasteiger partial charge in [0.15, 0.2) is 0 Å². The van der Waals surface area contributed by atoms with Crippen LogP contribution in [0.1, 0.15) is 168 Å². The van der Waals surface area contributed by atoms with Gasteiger partial charge in [0.1, 0.15) is 18.3 Å². The summed E-state index contributed by atoms with van der Waals surface area (Å²) >= 11 is 0. The first-order valence-corrected chi connectivity index (χ1v) is 19.2. The Hall–Kier alpha value is -0.810. The highest BCUT2D eigenvalue weighted by atomic mass is 16.5. The second kappa shape index (κ2) is 28.1. The minimum Gasteiger partial charge on any atom is -0.396 e. The van der Waals surface area contributed by atoms with Gasteiger partial charge in [-0.1, -0.05) is 142 Å². The molecule has 0 radical (unpaired) electrons. The average Bonchev–Trinajstić information content (AvgIpc) is 3.06. The maximum atomic E-state index is 12.7. The maximum absolute atomic E-state index is 12.7. The van der Waals surface area contributed by atoms with Gasteiger partial charge in [-0.05, 0) is 19.3 Å². The van der Waals surface area contributed by atoms with Gasteiger partial charge in [-0.3, -0.25) is 4.79 Å². The van der Waals surface area contributed by atoms with Gasteiger partial charge in [-0.2, -0.15) is 0 Å². The van der Waals surface area contributed by atoms with Crippen molar-refractivity contribution in [1.29, 1.82) is 0 Å². The summed E-state index contributed by atoms with van der Waals surface area (Å²) in [4.78, 5) is 12.7. The van der Waals surface area contributed by atoms with Crippen LogP contribution >= 0.6 is 0 Å². The van der Waals surface area contributed by atoms with E-state index in [0.717, 1.165) is 19.3 Å². The molecule has 0 aromatic heterocycles. The van der Waals surface area contributed by atoms with Gasteiger partial charge in [0.05, 0.1) is 31.0 Å². The molecule has 0 aliphatic heterocycles. The van der Waals surface area contributed by atoms with Crippen LogP contribution in [0.2, 0.25) is 0 Å². The summed E-state index contributed by atoms with van der Waals surface area (Å²) in [6.45, 7) is 3.44. The van der Waals surface area contributed by atoms with E-state index >= 15 is 0 Å². The number of carbonyl (C=O) groups excluding carboxylic acids is 1. The van der Waals surface area contributed by atoms with Crippen LogP contribution in [0.25, 0.3) is 0 Å². The summed E-state index contributed by atoms with van der Waals surface area (Å²) in [5.41, 5.74) is 0. The monoisotopic (exact) mass is 660 g/mol. The lowest BCUT2D eigenvalue weighted by Gasteiger charge is -2.40. The fraction of sp³-hybridized carbons (Fsp3) is 0.973. The first kappa shape index (κ1) is 43.2. The molecule has 8 atom stereocenters. The number of hydrogen-bond acceptors (Lipinski definition) is 8. The van der Waals surface area contributed by atoms with Crippen LogP contribution in [0.5, 0.6) is 0 Å².